The van der Waals surface area contributed by atoms with Gasteiger partial charge < -0.3 is 10.1 Å². The molecule has 2 rings (SSSR count). The summed E-state index contributed by atoms with van der Waals surface area (Å²) in [6, 6.07) is 12.7. The van der Waals surface area contributed by atoms with Gasteiger partial charge in [0.25, 0.3) is 5.91 Å². The number of nitrogens with one attached hydrogen (secondary N) is 3. The number of carbonyl (C=O) groups is 1. The Kier molecular flexibility index (Phi) is 6.40. The van der Waals surface area contributed by atoms with Gasteiger partial charge in [0, 0.05) is 17.6 Å². The predicted molar refractivity (Wildman–Crippen MR) is 99.2 cm³/mol. The fourth-order valence-electron chi connectivity index (χ4n) is 1.87. The van der Waals surface area contributed by atoms with Crippen LogP contribution in [-0.4, -0.2) is 18.1 Å². The van der Waals surface area contributed by atoms with Crippen LogP contribution < -0.4 is 20.9 Å². The lowest BCUT2D eigenvalue weighted by Gasteiger charge is -2.10. The summed E-state index contributed by atoms with van der Waals surface area (Å²) in [6.45, 7) is 2.33. The molecule has 2 aromatic carbocycles. The summed E-state index contributed by atoms with van der Waals surface area (Å²) in [5, 5.41) is 3.75. The zero-order valence-corrected chi connectivity index (χ0v) is 14.9. The Morgan fingerprint density at radius 3 is 2.50 bits per heavy atom. The van der Waals surface area contributed by atoms with Gasteiger partial charge >= 0.3 is 0 Å². The highest BCUT2D eigenvalue weighted by Crippen LogP contribution is 2.21. The molecule has 0 atom stereocenters. The highest BCUT2D eigenvalue weighted by molar-refractivity contribution is 7.80. The van der Waals surface area contributed by atoms with Crippen molar-refractivity contribution in [2.45, 2.75) is 13.5 Å². The molecule has 5 nitrogen and oxygen atoms in total. The summed E-state index contributed by atoms with van der Waals surface area (Å²) in [5.74, 6) is 0.483. The third kappa shape index (κ3) is 5.11. The second-order valence-corrected chi connectivity index (χ2v) is 5.87. The number of aryl methyl sites for hydroxylation is 1. The van der Waals surface area contributed by atoms with Crippen molar-refractivity contribution < 1.29 is 9.53 Å². The van der Waals surface area contributed by atoms with Crippen molar-refractivity contribution in [1.29, 1.82) is 0 Å². The van der Waals surface area contributed by atoms with Gasteiger partial charge in [-0.1, -0.05) is 23.7 Å². The molecule has 0 aromatic heterocycles. The number of rotatable bonds is 4. The van der Waals surface area contributed by atoms with Crippen molar-refractivity contribution in [2.24, 2.45) is 0 Å². The first-order valence-electron chi connectivity index (χ1n) is 7.25. The smallest absolute Gasteiger partial charge is 0.269 e. The lowest BCUT2D eigenvalue weighted by atomic mass is 10.1. The number of amides is 1. The molecule has 0 unspecified atom stereocenters. The number of thiocarbonyl (C=S) groups is 1. The molecule has 0 aliphatic heterocycles. The molecule has 1 amide bonds. The highest BCUT2D eigenvalue weighted by Gasteiger charge is 2.06. The van der Waals surface area contributed by atoms with E-state index in [4.69, 9.17) is 28.6 Å². The van der Waals surface area contributed by atoms with Crippen molar-refractivity contribution >= 4 is 34.8 Å². The van der Waals surface area contributed by atoms with E-state index in [0.29, 0.717) is 22.3 Å². The molecule has 0 bridgehead atoms. The number of carbonyl (C=O) groups excluding carboxylic acids is 1. The summed E-state index contributed by atoms with van der Waals surface area (Å²) < 4.78 is 5.72. The molecule has 0 fully saturated rings. The molecule has 3 N–H and O–H groups in total. The molecule has 0 saturated heterocycles. The fraction of sp³-hybridized carbons (Fsp3) is 0.176. The summed E-state index contributed by atoms with van der Waals surface area (Å²) in [5.41, 5.74) is 7.53. The maximum atomic E-state index is 11.9. The van der Waals surface area contributed by atoms with Crippen LogP contribution in [0.4, 0.5) is 0 Å². The van der Waals surface area contributed by atoms with Crippen LogP contribution in [0, 0.1) is 6.92 Å². The van der Waals surface area contributed by atoms with Gasteiger partial charge in [0.15, 0.2) is 5.11 Å². The van der Waals surface area contributed by atoms with Crippen molar-refractivity contribution in [3.05, 3.63) is 64.2 Å². The third-order valence-electron chi connectivity index (χ3n) is 3.27. The van der Waals surface area contributed by atoms with Crippen molar-refractivity contribution in [3.8, 4) is 5.75 Å². The molecule has 0 radical (unpaired) electrons. The van der Waals surface area contributed by atoms with E-state index in [2.05, 4.69) is 16.2 Å². The van der Waals surface area contributed by atoms with E-state index in [1.54, 1.807) is 19.2 Å². The number of benzene rings is 2. The van der Waals surface area contributed by atoms with Crippen molar-refractivity contribution in [1.82, 2.24) is 16.2 Å². The van der Waals surface area contributed by atoms with E-state index in [-0.39, 0.29) is 5.91 Å². The molecular weight excluding hydrogens is 346 g/mol. The summed E-state index contributed by atoms with van der Waals surface area (Å²) >= 11 is 10.9. The Morgan fingerprint density at radius 2 is 1.88 bits per heavy atom. The van der Waals surface area contributed by atoms with E-state index in [9.17, 15) is 4.79 Å². The van der Waals surface area contributed by atoms with Crippen LogP contribution in [0.1, 0.15) is 21.5 Å². The second kappa shape index (κ2) is 8.52. The predicted octanol–water partition coefficient (Wildman–Crippen LogP) is 2.97. The average molecular weight is 364 g/mol. The Balaban J connectivity index is 1.90. The van der Waals surface area contributed by atoms with Crippen LogP contribution in [0.3, 0.4) is 0 Å². The fourth-order valence-corrected chi connectivity index (χ4v) is 2.04. The Labute approximate surface area is 151 Å². The molecule has 0 spiro atoms. The first kappa shape index (κ1) is 18.0. The Morgan fingerprint density at radius 1 is 1.17 bits per heavy atom. The van der Waals surface area contributed by atoms with E-state index < -0.39 is 0 Å². The molecule has 7 heteroatoms. The van der Waals surface area contributed by atoms with E-state index >= 15 is 0 Å². The lowest BCUT2D eigenvalue weighted by molar-refractivity contribution is 0.0943. The van der Waals surface area contributed by atoms with Gasteiger partial charge in [0.1, 0.15) is 12.4 Å². The average Bonchev–Trinajstić information content (AvgIpc) is 2.60. The van der Waals surface area contributed by atoms with E-state index in [1.807, 2.05) is 37.3 Å². The first-order valence-corrected chi connectivity index (χ1v) is 8.04. The second-order valence-electron chi connectivity index (χ2n) is 5.05. The van der Waals surface area contributed by atoms with Gasteiger partial charge in [0.05, 0.1) is 0 Å². The Hall–Kier alpha value is -2.31. The van der Waals surface area contributed by atoms with Gasteiger partial charge in [0.2, 0.25) is 0 Å². The number of hydrogen-bond donors (Lipinski definition) is 3. The summed E-state index contributed by atoms with van der Waals surface area (Å²) in [7, 11) is 1.67. The van der Waals surface area contributed by atoms with Crippen LogP contribution in [-0.2, 0) is 6.61 Å². The molecule has 126 valence electrons. The van der Waals surface area contributed by atoms with Gasteiger partial charge in [-0.05, 0) is 60.6 Å². The quantitative estimate of drug-likeness (QED) is 0.576. The highest BCUT2D eigenvalue weighted by atomic mass is 35.5. The van der Waals surface area contributed by atoms with Gasteiger partial charge in [-0.25, -0.2) is 0 Å². The number of ether oxygens (including phenoxy) is 1. The SMILES string of the molecule is CNC(=S)NNC(=O)c1ccc(COc2ccc(Cl)c(C)c2)cc1. The van der Waals surface area contributed by atoms with E-state index in [1.165, 1.54) is 0 Å². The number of halogens is 1. The molecule has 0 aliphatic carbocycles. The lowest BCUT2D eigenvalue weighted by Crippen LogP contribution is -2.45. The van der Waals surface area contributed by atoms with Crippen LogP contribution in [0.15, 0.2) is 42.5 Å². The minimum atomic E-state index is -0.270. The van der Waals surface area contributed by atoms with Crippen molar-refractivity contribution in [3.63, 3.8) is 0 Å². The largest absolute Gasteiger partial charge is 0.489 e. The minimum Gasteiger partial charge on any atom is -0.489 e. The minimum absolute atomic E-state index is 0.270. The molecule has 0 aliphatic rings. The molecule has 0 saturated carbocycles. The summed E-state index contributed by atoms with van der Waals surface area (Å²) in [4.78, 5) is 11.9. The summed E-state index contributed by atoms with van der Waals surface area (Å²) in [6.07, 6.45) is 0. The van der Waals surface area contributed by atoms with E-state index in [0.717, 1.165) is 16.9 Å². The third-order valence-corrected chi connectivity index (χ3v) is 4.00. The van der Waals surface area contributed by atoms with Gasteiger partial charge in [-0.2, -0.15) is 0 Å². The monoisotopic (exact) mass is 363 g/mol. The van der Waals surface area contributed by atoms with Crippen LogP contribution >= 0.6 is 23.8 Å². The van der Waals surface area contributed by atoms with Gasteiger partial charge in [-0.15, -0.1) is 0 Å². The Bertz CT molecular complexity index is 735. The molecular formula is C17H18ClN3O2S. The zero-order valence-electron chi connectivity index (χ0n) is 13.4. The maximum Gasteiger partial charge on any atom is 0.269 e. The van der Waals surface area contributed by atoms with Crippen molar-refractivity contribution in [2.75, 3.05) is 7.05 Å². The normalized spacial score (nSPS) is 9.96. The molecule has 24 heavy (non-hydrogen) atoms. The molecule has 0 heterocycles. The number of hydrogen-bond acceptors (Lipinski definition) is 3. The van der Waals surface area contributed by atoms with Crippen LogP contribution in [0.5, 0.6) is 5.75 Å². The topological polar surface area (TPSA) is 62.4 Å². The van der Waals surface area contributed by atoms with Crippen LogP contribution in [0.25, 0.3) is 0 Å². The number of hydrazine groups is 1. The van der Waals surface area contributed by atoms with Gasteiger partial charge in [-0.3, -0.25) is 15.6 Å². The zero-order chi connectivity index (χ0) is 17.5. The maximum absolute atomic E-state index is 11.9. The molecule has 2 aromatic rings. The van der Waals surface area contributed by atoms with Crippen LogP contribution in [0.2, 0.25) is 5.02 Å². The standard InChI is InChI=1S/C17H18ClN3O2S/c1-11-9-14(7-8-15(11)18)23-10-12-3-5-13(6-4-12)16(22)20-21-17(24)19-2/h3-9H,10H2,1-2H3,(H,20,22)(H2,19,21,24). The first-order chi connectivity index (χ1) is 11.5.